The molecule has 1 N–H and O–H groups in total. The van der Waals surface area contributed by atoms with Crippen LogP contribution in [-0.4, -0.2) is 18.1 Å². The van der Waals surface area contributed by atoms with Gasteiger partial charge in [0.05, 0.1) is 11.2 Å². The maximum atomic E-state index is 12.7. The quantitative estimate of drug-likeness (QED) is 0.147. The number of halogens is 2. The highest BCUT2D eigenvalue weighted by atomic mass is 79.9. The molecule has 0 fully saturated rings. The summed E-state index contributed by atoms with van der Waals surface area (Å²) >= 11 is 11.0. The second-order valence-electron chi connectivity index (χ2n) is 6.38. The summed E-state index contributed by atoms with van der Waals surface area (Å²) in [6, 6.07) is 21.4. The zero-order valence-electron chi connectivity index (χ0n) is 15.8. The van der Waals surface area contributed by atoms with Crippen molar-refractivity contribution >= 4 is 67.0 Å². The molecule has 4 rings (SSSR count). The van der Waals surface area contributed by atoms with Gasteiger partial charge in [-0.2, -0.15) is 5.10 Å². The van der Waals surface area contributed by atoms with E-state index in [1.807, 2.05) is 30.3 Å². The van der Waals surface area contributed by atoms with Gasteiger partial charge in [-0.05, 0) is 36.4 Å². The van der Waals surface area contributed by atoms with Crippen LogP contribution in [0, 0.1) is 0 Å². The van der Waals surface area contributed by atoms with Gasteiger partial charge >= 0.3 is 5.97 Å². The molecule has 0 saturated carbocycles. The number of amides is 1. The van der Waals surface area contributed by atoms with E-state index in [1.54, 1.807) is 42.5 Å². The highest BCUT2D eigenvalue weighted by Crippen LogP contribution is 2.36. The smallest absolute Gasteiger partial charge is 0.355 e. The Morgan fingerprint density at radius 2 is 1.81 bits per heavy atom. The summed E-state index contributed by atoms with van der Waals surface area (Å²) in [6.07, 6.45) is 1.42. The maximum Gasteiger partial charge on any atom is 0.355 e. The first kappa shape index (κ1) is 21.2. The van der Waals surface area contributed by atoms with Gasteiger partial charge in [0.2, 0.25) is 0 Å². The van der Waals surface area contributed by atoms with Crippen molar-refractivity contribution in [2.75, 3.05) is 0 Å². The summed E-state index contributed by atoms with van der Waals surface area (Å²) in [4.78, 5) is 25.3. The number of rotatable bonds is 5. The standard InChI is InChI=1S/C23H14BrClN2O3S/c24-16-8-5-7-14(12-16)22(28)27-26-13-15-6-1-3-10-18(15)30-23(29)21-20(25)17-9-2-4-11-19(17)31-21/h1-13H,(H,27,28)/b26-13-. The average molecular weight is 514 g/mol. The van der Waals surface area contributed by atoms with E-state index in [2.05, 4.69) is 26.5 Å². The van der Waals surface area contributed by atoms with Gasteiger partial charge in [-0.1, -0.05) is 63.9 Å². The van der Waals surface area contributed by atoms with Crippen molar-refractivity contribution in [2.45, 2.75) is 0 Å². The van der Waals surface area contributed by atoms with Crippen LogP contribution >= 0.6 is 38.9 Å². The van der Waals surface area contributed by atoms with Crippen molar-refractivity contribution < 1.29 is 14.3 Å². The van der Waals surface area contributed by atoms with Gasteiger partial charge < -0.3 is 4.74 Å². The number of carbonyl (C=O) groups excluding carboxylic acids is 2. The zero-order valence-corrected chi connectivity index (χ0v) is 19.0. The molecule has 0 unspecified atom stereocenters. The number of nitrogens with one attached hydrogen (secondary N) is 1. The molecule has 0 spiro atoms. The molecule has 4 aromatic rings. The molecular weight excluding hydrogens is 500 g/mol. The number of fused-ring (bicyclic) bond motifs is 1. The Kier molecular flexibility index (Phi) is 6.46. The van der Waals surface area contributed by atoms with Crippen LogP contribution in [0.15, 0.2) is 82.4 Å². The van der Waals surface area contributed by atoms with Crippen LogP contribution in [0.25, 0.3) is 10.1 Å². The number of ether oxygens (including phenoxy) is 1. The van der Waals surface area contributed by atoms with Crippen LogP contribution < -0.4 is 10.2 Å². The number of hydrogen-bond acceptors (Lipinski definition) is 5. The molecule has 1 amide bonds. The monoisotopic (exact) mass is 512 g/mol. The van der Waals surface area contributed by atoms with E-state index < -0.39 is 5.97 Å². The zero-order chi connectivity index (χ0) is 21.8. The van der Waals surface area contributed by atoms with Crippen LogP contribution in [0.3, 0.4) is 0 Å². The minimum Gasteiger partial charge on any atom is -0.422 e. The number of hydrazone groups is 1. The van der Waals surface area contributed by atoms with Crippen molar-refractivity contribution in [2.24, 2.45) is 5.10 Å². The molecule has 1 aromatic heterocycles. The fourth-order valence-corrected chi connectivity index (χ4v) is 4.61. The summed E-state index contributed by atoms with van der Waals surface area (Å²) in [5, 5.41) is 5.17. The van der Waals surface area contributed by atoms with Crippen LogP contribution in [0.2, 0.25) is 5.02 Å². The molecule has 0 atom stereocenters. The van der Waals surface area contributed by atoms with Gasteiger partial charge in [0.1, 0.15) is 10.6 Å². The Bertz CT molecular complexity index is 1320. The van der Waals surface area contributed by atoms with E-state index in [0.29, 0.717) is 26.8 Å². The number of nitrogens with zero attached hydrogens (tertiary/aromatic N) is 1. The Morgan fingerprint density at radius 1 is 1.03 bits per heavy atom. The predicted octanol–water partition coefficient (Wildman–Crippen LogP) is 6.30. The Hall–Kier alpha value is -3.00. The minimum atomic E-state index is -0.551. The second kappa shape index (κ2) is 9.43. The first-order valence-electron chi connectivity index (χ1n) is 9.10. The first-order chi connectivity index (χ1) is 15.0. The van der Waals surface area contributed by atoms with E-state index >= 15 is 0 Å². The molecule has 1 heterocycles. The van der Waals surface area contributed by atoms with Crippen LogP contribution in [0.4, 0.5) is 0 Å². The Morgan fingerprint density at radius 3 is 2.61 bits per heavy atom. The molecule has 3 aromatic carbocycles. The summed E-state index contributed by atoms with van der Waals surface area (Å²) in [5.74, 6) is -0.601. The number of esters is 1. The molecule has 0 aliphatic carbocycles. The van der Waals surface area contributed by atoms with Crippen molar-refractivity contribution in [3.8, 4) is 5.75 Å². The lowest BCUT2D eigenvalue weighted by Crippen LogP contribution is -2.17. The third-order valence-corrected chi connectivity index (χ3v) is 6.45. The third kappa shape index (κ3) is 4.85. The predicted molar refractivity (Wildman–Crippen MR) is 127 cm³/mol. The molecular formula is C23H14BrClN2O3S. The molecule has 0 bridgehead atoms. The number of benzene rings is 3. The normalized spacial score (nSPS) is 11.0. The molecule has 0 aliphatic heterocycles. The maximum absolute atomic E-state index is 12.7. The molecule has 31 heavy (non-hydrogen) atoms. The third-order valence-electron chi connectivity index (χ3n) is 4.30. The van der Waals surface area contributed by atoms with Crippen molar-refractivity contribution in [3.63, 3.8) is 0 Å². The van der Waals surface area contributed by atoms with E-state index in [4.69, 9.17) is 16.3 Å². The molecule has 0 saturated heterocycles. The van der Waals surface area contributed by atoms with Crippen LogP contribution in [0.5, 0.6) is 5.75 Å². The second-order valence-corrected chi connectivity index (χ2v) is 8.72. The lowest BCUT2D eigenvalue weighted by Gasteiger charge is -2.06. The summed E-state index contributed by atoms with van der Waals surface area (Å²) in [7, 11) is 0. The minimum absolute atomic E-state index is 0.307. The lowest BCUT2D eigenvalue weighted by molar-refractivity contribution is 0.0739. The summed E-state index contributed by atoms with van der Waals surface area (Å²) in [6.45, 7) is 0. The van der Waals surface area contributed by atoms with Crippen LogP contribution in [0.1, 0.15) is 25.6 Å². The largest absolute Gasteiger partial charge is 0.422 e. The summed E-state index contributed by atoms with van der Waals surface area (Å²) in [5.41, 5.74) is 3.46. The SMILES string of the molecule is O=C(N/N=C\c1ccccc1OC(=O)c1sc2ccccc2c1Cl)c1cccc(Br)c1. The van der Waals surface area contributed by atoms with Gasteiger partial charge in [-0.3, -0.25) is 4.79 Å². The molecule has 8 heteroatoms. The van der Waals surface area contributed by atoms with Gasteiger partial charge in [-0.15, -0.1) is 11.3 Å². The first-order valence-corrected chi connectivity index (χ1v) is 11.1. The number of carbonyl (C=O) groups is 2. The van der Waals surface area contributed by atoms with E-state index in [9.17, 15) is 9.59 Å². The van der Waals surface area contributed by atoms with Gasteiger partial charge in [0.15, 0.2) is 0 Å². The van der Waals surface area contributed by atoms with Gasteiger partial charge in [0.25, 0.3) is 5.91 Å². The topological polar surface area (TPSA) is 67.8 Å². The van der Waals surface area contributed by atoms with E-state index in [1.165, 1.54) is 17.6 Å². The van der Waals surface area contributed by atoms with Crippen molar-refractivity contribution in [3.05, 3.63) is 98.3 Å². The molecule has 5 nitrogen and oxygen atoms in total. The van der Waals surface area contributed by atoms with E-state index in [0.717, 1.165) is 14.6 Å². The number of hydrogen-bond donors (Lipinski definition) is 1. The Balaban J connectivity index is 1.50. The van der Waals surface area contributed by atoms with Gasteiger partial charge in [-0.25, -0.2) is 10.2 Å². The highest BCUT2D eigenvalue weighted by Gasteiger charge is 2.19. The summed E-state index contributed by atoms with van der Waals surface area (Å²) < 4.78 is 7.28. The Labute approximate surface area is 195 Å². The fraction of sp³-hybridized carbons (Fsp3) is 0. The molecule has 154 valence electrons. The highest BCUT2D eigenvalue weighted by molar-refractivity contribution is 9.10. The van der Waals surface area contributed by atoms with E-state index in [-0.39, 0.29) is 5.91 Å². The molecule has 0 aliphatic rings. The van der Waals surface area contributed by atoms with Gasteiger partial charge in [0, 0.05) is 25.7 Å². The van der Waals surface area contributed by atoms with Crippen LogP contribution in [-0.2, 0) is 0 Å². The average Bonchev–Trinajstić information content (AvgIpc) is 3.12. The number of thiophene rings is 1. The van der Waals surface area contributed by atoms with Crippen molar-refractivity contribution in [1.29, 1.82) is 0 Å². The molecule has 0 radical (unpaired) electrons. The number of para-hydroxylation sites is 1. The van der Waals surface area contributed by atoms with Crippen molar-refractivity contribution in [1.82, 2.24) is 5.43 Å². The fourth-order valence-electron chi connectivity index (χ4n) is 2.83. The lowest BCUT2D eigenvalue weighted by atomic mass is 10.2.